The van der Waals surface area contributed by atoms with Crippen LogP contribution in [0.4, 0.5) is 0 Å². The zero-order valence-electron chi connectivity index (χ0n) is 16.8. The van der Waals surface area contributed by atoms with Gasteiger partial charge < -0.3 is 5.11 Å². The number of aromatic amines is 1. The molecule has 0 radical (unpaired) electrons. The van der Waals surface area contributed by atoms with Gasteiger partial charge in [-0.05, 0) is 47.0 Å². The smallest absolute Gasteiger partial charge is 0.120 e. The number of nitrogens with one attached hydrogen (secondary N) is 1. The van der Waals surface area contributed by atoms with Crippen molar-refractivity contribution >= 4 is 16.6 Å². The molecular weight excluding hydrogens is 322 g/mol. The Bertz CT molecular complexity index is 872. The van der Waals surface area contributed by atoms with Gasteiger partial charge in [-0.2, -0.15) is 15.4 Å². The van der Waals surface area contributed by atoms with Crippen molar-refractivity contribution in [3.05, 3.63) is 41.5 Å². The van der Waals surface area contributed by atoms with Crippen LogP contribution >= 0.6 is 0 Å². The number of hydrogen-bond donors (Lipinski definition) is 2. The fourth-order valence-electron chi connectivity index (χ4n) is 3.51. The maximum Gasteiger partial charge on any atom is 0.120 e. The first-order valence-corrected chi connectivity index (χ1v) is 9.60. The Hall–Kier alpha value is -1.94. The lowest BCUT2D eigenvalue weighted by atomic mass is 9.64. The SMILES string of the molecule is CCC(C)(C)C1=CC(O)(C(C)(C)CC)CC(c2cccc3n[nH]nc23)=C1. The van der Waals surface area contributed by atoms with Crippen molar-refractivity contribution in [2.45, 2.75) is 66.4 Å². The molecule has 1 aromatic carbocycles. The van der Waals surface area contributed by atoms with Crippen molar-refractivity contribution in [3.63, 3.8) is 0 Å². The fraction of sp³-hybridized carbons (Fsp3) is 0.545. The number of hydrogen-bond acceptors (Lipinski definition) is 3. The topological polar surface area (TPSA) is 61.8 Å². The Morgan fingerprint density at radius 3 is 2.50 bits per heavy atom. The quantitative estimate of drug-likeness (QED) is 0.769. The zero-order valence-corrected chi connectivity index (χ0v) is 16.8. The van der Waals surface area contributed by atoms with Crippen LogP contribution in [-0.2, 0) is 0 Å². The van der Waals surface area contributed by atoms with Crippen LogP contribution < -0.4 is 0 Å². The molecule has 0 spiro atoms. The van der Waals surface area contributed by atoms with E-state index in [1.54, 1.807) is 0 Å². The van der Waals surface area contributed by atoms with Crippen LogP contribution in [0, 0.1) is 10.8 Å². The summed E-state index contributed by atoms with van der Waals surface area (Å²) >= 11 is 0. The zero-order chi connectivity index (χ0) is 19.2. The van der Waals surface area contributed by atoms with E-state index in [0.717, 1.165) is 35.0 Å². The van der Waals surface area contributed by atoms with Gasteiger partial charge in [0.15, 0.2) is 0 Å². The van der Waals surface area contributed by atoms with Gasteiger partial charge in [0.1, 0.15) is 11.0 Å². The molecule has 140 valence electrons. The maximum absolute atomic E-state index is 11.7. The van der Waals surface area contributed by atoms with Crippen molar-refractivity contribution < 1.29 is 5.11 Å². The van der Waals surface area contributed by atoms with E-state index in [1.807, 2.05) is 12.1 Å². The van der Waals surface area contributed by atoms with Crippen molar-refractivity contribution in [2.75, 3.05) is 0 Å². The van der Waals surface area contributed by atoms with Gasteiger partial charge >= 0.3 is 0 Å². The molecule has 4 heteroatoms. The van der Waals surface area contributed by atoms with E-state index in [9.17, 15) is 5.11 Å². The average Bonchev–Trinajstić information content (AvgIpc) is 3.09. The summed E-state index contributed by atoms with van der Waals surface area (Å²) in [7, 11) is 0. The van der Waals surface area contributed by atoms with Crippen LogP contribution in [0.2, 0.25) is 0 Å². The summed E-state index contributed by atoms with van der Waals surface area (Å²) in [6.45, 7) is 13.1. The second kappa shape index (κ2) is 6.34. The van der Waals surface area contributed by atoms with Gasteiger partial charge in [-0.3, -0.25) is 0 Å². The molecule has 1 unspecified atom stereocenters. The lowest BCUT2D eigenvalue weighted by Gasteiger charge is -2.45. The Morgan fingerprint density at radius 1 is 1.12 bits per heavy atom. The van der Waals surface area contributed by atoms with Crippen LogP contribution in [0.5, 0.6) is 0 Å². The van der Waals surface area contributed by atoms with Crippen LogP contribution in [0.15, 0.2) is 35.9 Å². The molecule has 0 fully saturated rings. The molecule has 0 amide bonds. The molecule has 0 aliphatic heterocycles. The predicted octanol–water partition coefficient (Wildman–Crippen LogP) is 5.27. The molecule has 1 atom stereocenters. The maximum atomic E-state index is 11.7. The van der Waals surface area contributed by atoms with Crippen LogP contribution in [0.1, 0.15) is 66.4 Å². The van der Waals surface area contributed by atoms with Gasteiger partial charge in [-0.15, -0.1) is 0 Å². The van der Waals surface area contributed by atoms with Gasteiger partial charge in [0.25, 0.3) is 0 Å². The number of allylic oxidation sites excluding steroid dienone is 2. The first kappa shape index (κ1) is 18.8. The molecule has 1 aromatic heterocycles. The van der Waals surface area contributed by atoms with Crippen LogP contribution in [0.25, 0.3) is 16.6 Å². The summed E-state index contributed by atoms with van der Waals surface area (Å²) in [6, 6.07) is 6.05. The third-order valence-electron chi connectivity index (χ3n) is 6.60. The number of H-pyrrole nitrogens is 1. The van der Waals surface area contributed by atoms with Crippen LogP contribution in [0.3, 0.4) is 0 Å². The second-order valence-corrected chi connectivity index (χ2v) is 8.84. The van der Waals surface area contributed by atoms with Gasteiger partial charge in [0, 0.05) is 12.0 Å². The van der Waals surface area contributed by atoms with E-state index >= 15 is 0 Å². The molecule has 3 rings (SSSR count). The lowest BCUT2D eigenvalue weighted by molar-refractivity contribution is -0.0244. The third-order valence-corrected chi connectivity index (χ3v) is 6.60. The minimum absolute atomic E-state index is 0.00118. The van der Waals surface area contributed by atoms with Crippen molar-refractivity contribution in [3.8, 4) is 0 Å². The number of rotatable bonds is 5. The van der Waals surface area contributed by atoms with Gasteiger partial charge in [-0.25, -0.2) is 0 Å². The average molecular weight is 354 g/mol. The lowest BCUT2D eigenvalue weighted by Crippen LogP contribution is -2.45. The first-order valence-electron chi connectivity index (χ1n) is 9.60. The van der Waals surface area contributed by atoms with Gasteiger partial charge in [0.2, 0.25) is 0 Å². The standard InChI is InChI=1S/C22H31N3O/c1-7-20(3,4)16-12-15(13-22(26,14-16)21(5,6)8-2)17-10-9-11-18-19(17)24-25-23-18/h9-12,14,26H,7-8,13H2,1-6H3,(H,23,24,25). The van der Waals surface area contributed by atoms with Crippen LogP contribution in [-0.4, -0.2) is 26.1 Å². The Labute approximate surface area is 156 Å². The summed E-state index contributed by atoms with van der Waals surface area (Å²) < 4.78 is 0. The Morgan fingerprint density at radius 2 is 1.85 bits per heavy atom. The molecule has 0 saturated heterocycles. The minimum atomic E-state index is -0.889. The highest BCUT2D eigenvalue weighted by Crippen LogP contribution is 2.48. The molecular formula is C22H31N3O. The molecule has 1 heterocycles. The molecule has 1 aliphatic carbocycles. The molecule has 2 N–H and O–H groups in total. The van der Waals surface area contributed by atoms with Crippen molar-refractivity contribution in [1.82, 2.24) is 15.4 Å². The largest absolute Gasteiger partial charge is 0.385 e. The number of aromatic nitrogens is 3. The molecule has 26 heavy (non-hydrogen) atoms. The van der Waals surface area contributed by atoms with E-state index in [1.165, 1.54) is 5.57 Å². The molecule has 2 aromatic rings. The summed E-state index contributed by atoms with van der Waals surface area (Å²) in [4.78, 5) is 0. The van der Waals surface area contributed by atoms with Crippen molar-refractivity contribution in [1.29, 1.82) is 0 Å². The third kappa shape index (κ3) is 3.01. The highest BCUT2D eigenvalue weighted by molar-refractivity contribution is 5.90. The number of aliphatic hydroxyl groups is 1. The highest BCUT2D eigenvalue weighted by atomic mass is 16.3. The first-order chi connectivity index (χ1) is 12.1. The second-order valence-electron chi connectivity index (χ2n) is 8.84. The van der Waals surface area contributed by atoms with E-state index in [-0.39, 0.29) is 10.8 Å². The number of benzene rings is 1. The summed E-state index contributed by atoms with van der Waals surface area (Å²) in [5, 5.41) is 23.0. The van der Waals surface area contributed by atoms with E-state index in [0.29, 0.717) is 6.42 Å². The molecule has 0 bridgehead atoms. The number of para-hydroxylation sites is 1. The van der Waals surface area contributed by atoms with E-state index in [2.05, 4.69) is 75.2 Å². The van der Waals surface area contributed by atoms with Gasteiger partial charge in [0.05, 0.1) is 5.60 Å². The normalized spacial score (nSPS) is 21.7. The predicted molar refractivity (Wildman–Crippen MR) is 108 cm³/mol. The molecule has 1 aliphatic rings. The van der Waals surface area contributed by atoms with E-state index in [4.69, 9.17) is 0 Å². The number of fused-ring (bicyclic) bond motifs is 1. The highest BCUT2D eigenvalue weighted by Gasteiger charge is 2.44. The van der Waals surface area contributed by atoms with E-state index < -0.39 is 5.60 Å². The number of nitrogens with zero attached hydrogens (tertiary/aromatic N) is 2. The Kier molecular flexibility index (Phi) is 4.60. The fourth-order valence-corrected chi connectivity index (χ4v) is 3.51. The summed E-state index contributed by atoms with van der Waals surface area (Å²) in [5.41, 5.74) is 4.00. The summed E-state index contributed by atoms with van der Waals surface area (Å²) in [5.74, 6) is 0. The molecule has 4 nitrogen and oxygen atoms in total. The minimum Gasteiger partial charge on any atom is -0.385 e. The monoisotopic (exact) mass is 353 g/mol. The molecule has 0 saturated carbocycles. The Balaban J connectivity index is 2.20. The van der Waals surface area contributed by atoms with Crippen molar-refractivity contribution in [2.24, 2.45) is 10.8 Å². The van der Waals surface area contributed by atoms with Gasteiger partial charge in [-0.1, -0.05) is 59.8 Å². The summed E-state index contributed by atoms with van der Waals surface area (Å²) in [6.07, 6.45) is 6.88.